The van der Waals surface area contributed by atoms with Crippen LogP contribution in [0.5, 0.6) is 5.75 Å². The van der Waals surface area contributed by atoms with Gasteiger partial charge < -0.3 is 14.0 Å². The number of amides is 1. The van der Waals surface area contributed by atoms with Gasteiger partial charge in [-0.15, -0.1) is 11.3 Å². The number of rotatable bonds is 6. The third kappa shape index (κ3) is 3.71. The second kappa shape index (κ2) is 7.63. The average Bonchev–Trinajstić information content (AvgIpc) is 3.36. The molecule has 0 bridgehead atoms. The lowest BCUT2D eigenvalue weighted by atomic mass is 10.1. The van der Waals surface area contributed by atoms with Gasteiger partial charge in [0.2, 0.25) is 0 Å². The van der Waals surface area contributed by atoms with E-state index in [0.717, 1.165) is 21.8 Å². The van der Waals surface area contributed by atoms with Crippen molar-refractivity contribution in [1.82, 2.24) is 14.3 Å². The maximum absolute atomic E-state index is 13.3. The first-order valence-electron chi connectivity index (χ1n) is 8.62. The summed E-state index contributed by atoms with van der Waals surface area (Å²) in [7, 11) is 1.65. The molecule has 3 aromatic heterocycles. The first-order valence-corrected chi connectivity index (χ1v) is 9.50. The number of benzene rings is 1. The number of ether oxygens (including phenoxy) is 1. The highest BCUT2D eigenvalue weighted by atomic mass is 32.1. The van der Waals surface area contributed by atoms with Crippen LogP contribution in [0.15, 0.2) is 72.4 Å². The highest BCUT2D eigenvalue weighted by Crippen LogP contribution is 2.23. The maximum atomic E-state index is 13.3. The van der Waals surface area contributed by atoms with Crippen molar-refractivity contribution in [2.24, 2.45) is 0 Å². The fourth-order valence-corrected chi connectivity index (χ4v) is 3.75. The van der Waals surface area contributed by atoms with Crippen LogP contribution in [0.25, 0.3) is 5.65 Å². The highest BCUT2D eigenvalue weighted by molar-refractivity contribution is 7.09. The molecule has 0 radical (unpaired) electrons. The topological polar surface area (TPSA) is 46.8 Å². The Morgan fingerprint density at radius 2 is 1.96 bits per heavy atom. The molecule has 6 heteroatoms. The number of carbonyl (C=O) groups is 1. The van der Waals surface area contributed by atoms with E-state index in [1.807, 2.05) is 75.5 Å². The van der Waals surface area contributed by atoms with Gasteiger partial charge >= 0.3 is 0 Å². The van der Waals surface area contributed by atoms with E-state index in [4.69, 9.17) is 4.74 Å². The number of methoxy groups -OCH3 is 1. The van der Waals surface area contributed by atoms with Crippen molar-refractivity contribution >= 4 is 22.9 Å². The molecule has 0 N–H and O–H groups in total. The van der Waals surface area contributed by atoms with E-state index in [1.54, 1.807) is 24.6 Å². The summed E-state index contributed by atoms with van der Waals surface area (Å²) in [6.45, 7) is 0.983. The van der Waals surface area contributed by atoms with Crippen LogP contribution in [-0.2, 0) is 13.1 Å². The second-order valence-electron chi connectivity index (χ2n) is 6.14. The Balaban J connectivity index is 1.67. The predicted octanol–water partition coefficient (Wildman–Crippen LogP) is 4.25. The molecule has 0 saturated heterocycles. The molecule has 1 amide bonds. The van der Waals surface area contributed by atoms with E-state index in [9.17, 15) is 4.79 Å². The Labute approximate surface area is 161 Å². The largest absolute Gasteiger partial charge is 0.496 e. The average molecular weight is 377 g/mol. The van der Waals surface area contributed by atoms with Crippen molar-refractivity contribution in [3.05, 3.63) is 88.5 Å². The van der Waals surface area contributed by atoms with Gasteiger partial charge in [0.05, 0.1) is 20.2 Å². The number of imidazole rings is 1. The molecule has 0 fully saturated rings. The molecular weight excluding hydrogens is 358 g/mol. The van der Waals surface area contributed by atoms with Crippen LogP contribution in [0.1, 0.15) is 20.9 Å². The third-order valence-electron chi connectivity index (χ3n) is 4.35. The SMILES string of the molecule is COc1ccccc1CN(Cc1cccs1)C(=O)c1cn2ccccc2n1. The summed E-state index contributed by atoms with van der Waals surface area (Å²) in [4.78, 5) is 20.7. The molecule has 0 aliphatic heterocycles. The lowest BCUT2D eigenvalue weighted by Gasteiger charge is -2.22. The lowest BCUT2D eigenvalue weighted by molar-refractivity contribution is 0.0725. The molecule has 0 spiro atoms. The van der Waals surface area contributed by atoms with Crippen molar-refractivity contribution in [3.63, 3.8) is 0 Å². The van der Waals surface area contributed by atoms with E-state index in [0.29, 0.717) is 18.8 Å². The lowest BCUT2D eigenvalue weighted by Crippen LogP contribution is -2.30. The van der Waals surface area contributed by atoms with Gasteiger partial charge in [0.25, 0.3) is 5.91 Å². The number of nitrogens with zero attached hydrogens (tertiary/aromatic N) is 3. The fourth-order valence-electron chi connectivity index (χ4n) is 3.03. The van der Waals surface area contributed by atoms with Gasteiger partial charge in [-0.3, -0.25) is 4.79 Å². The van der Waals surface area contributed by atoms with E-state index in [1.165, 1.54) is 0 Å². The van der Waals surface area contributed by atoms with Crippen LogP contribution in [-0.4, -0.2) is 27.3 Å². The van der Waals surface area contributed by atoms with Crippen LogP contribution in [0.3, 0.4) is 0 Å². The Hall–Kier alpha value is -3.12. The van der Waals surface area contributed by atoms with Crippen molar-refractivity contribution in [1.29, 1.82) is 0 Å². The number of pyridine rings is 1. The van der Waals surface area contributed by atoms with Gasteiger partial charge in [0.15, 0.2) is 0 Å². The Morgan fingerprint density at radius 1 is 1.11 bits per heavy atom. The molecule has 0 unspecified atom stereocenters. The van der Waals surface area contributed by atoms with E-state index in [-0.39, 0.29) is 5.91 Å². The van der Waals surface area contributed by atoms with Gasteiger partial charge in [-0.1, -0.05) is 30.3 Å². The summed E-state index contributed by atoms with van der Waals surface area (Å²) in [5, 5.41) is 2.02. The van der Waals surface area contributed by atoms with Crippen LogP contribution in [0.2, 0.25) is 0 Å². The number of para-hydroxylation sites is 1. The molecule has 27 heavy (non-hydrogen) atoms. The van der Waals surface area contributed by atoms with E-state index in [2.05, 4.69) is 4.98 Å². The molecule has 0 aliphatic carbocycles. The summed E-state index contributed by atoms with van der Waals surface area (Å²) in [6.07, 6.45) is 3.67. The predicted molar refractivity (Wildman–Crippen MR) is 106 cm³/mol. The standard InChI is InChI=1S/C21H19N3O2S/c1-26-19-9-3-2-7-16(19)13-24(14-17-8-6-12-27-17)21(25)18-15-23-11-5-4-10-20(23)22-18/h2-12,15H,13-14H2,1H3. The molecule has 0 saturated carbocycles. The summed E-state index contributed by atoms with van der Waals surface area (Å²) in [5.74, 6) is 0.675. The number of thiophene rings is 1. The molecule has 4 aromatic rings. The fraction of sp³-hybridized carbons (Fsp3) is 0.143. The van der Waals surface area contributed by atoms with Crippen LogP contribution >= 0.6 is 11.3 Å². The van der Waals surface area contributed by atoms with Crippen LogP contribution < -0.4 is 4.74 Å². The van der Waals surface area contributed by atoms with Crippen LogP contribution in [0, 0.1) is 0 Å². The van der Waals surface area contributed by atoms with Crippen LogP contribution in [0.4, 0.5) is 0 Å². The van der Waals surface area contributed by atoms with Crippen molar-refractivity contribution in [3.8, 4) is 5.75 Å². The van der Waals surface area contributed by atoms with E-state index < -0.39 is 0 Å². The highest BCUT2D eigenvalue weighted by Gasteiger charge is 2.21. The monoisotopic (exact) mass is 377 g/mol. The van der Waals surface area contributed by atoms with Gasteiger partial charge in [-0.2, -0.15) is 0 Å². The van der Waals surface area contributed by atoms with Gasteiger partial charge in [0, 0.05) is 22.8 Å². The first-order chi connectivity index (χ1) is 13.2. The minimum Gasteiger partial charge on any atom is -0.496 e. The molecule has 136 valence electrons. The summed E-state index contributed by atoms with van der Waals surface area (Å²) in [6, 6.07) is 17.5. The quantitative estimate of drug-likeness (QED) is 0.505. The number of fused-ring (bicyclic) bond motifs is 1. The number of aromatic nitrogens is 2. The normalized spacial score (nSPS) is 10.9. The smallest absolute Gasteiger partial charge is 0.274 e. The Kier molecular flexibility index (Phi) is 4.89. The zero-order valence-electron chi connectivity index (χ0n) is 14.9. The minimum absolute atomic E-state index is 0.0991. The molecule has 0 atom stereocenters. The molecule has 1 aromatic carbocycles. The van der Waals surface area contributed by atoms with E-state index >= 15 is 0 Å². The number of hydrogen-bond donors (Lipinski definition) is 0. The summed E-state index contributed by atoms with van der Waals surface area (Å²) < 4.78 is 7.32. The summed E-state index contributed by atoms with van der Waals surface area (Å²) >= 11 is 1.64. The maximum Gasteiger partial charge on any atom is 0.274 e. The molecular formula is C21H19N3O2S. The minimum atomic E-state index is -0.0991. The van der Waals surface area contributed by atoms with Gasteiger partial charge in [-0.25, -0.2) is 4.98 Å². The van der Waals surface area contributed by atoms with Crippen molar-refractivity contribution in [2.45, 2.75) is 13.1 Å². The van der Waals surface area contributed by atoms with Gasteiger partial charge in [0.1, 0.15) is 17.1 Å². The molecule has 5 nitrogen and oxygen atoms in total. The zero-order chi connectivity index (χ0) is 18.6. The zero-order valence-corrected chi connectivity index (χ0v) is 15.7. The number of hydrogen-bond acceptors (Lipinski definition) is 4. The Morgan fingerprint density at radius 3 is 2.74 bits per heavy atom. The second-order valence-corrected chi connectivity index (χ2v) is 7.18. The molecule has 4 rings (SSSR count). The molecule has 3 heterocycles. The first kappa shape index (κ1) is 17.3. The van der Waals surface area contributed by atoms with Gasteiger partial charge in [-0.05, 0) is 29.6 Å². The Bertz CT molecular complexity index is 1020. The van der Waals surface area contributed by atoms with Crippen molar-refractivity contribution < 1.29 is 9.53 Å². The summed E-state index contributed by atoms with van der Waals surface area (Å²) in [5.41, 5.74) is 2.16. The number of carbonyl (C=O) groups excluding carboxylic acids is 1. The van der Waals surface area contributed by atoms with Crippen molar-refractivity contribution in [2.75, 3.05) is 7.11 Å². The third-order valence-corrected chi connectivity index (χ3v) is 5.21. The molecule has 0 aliphatic rings.